The number of hydrogen-bond donors (Lipinski definition) is 3. The van der Waals surface area contributed by atoms with Crippen LogP contribution in [0.3, 0.4) is 0 Å². The molecule has 4 rings (SSSR count). The Morgan fingerprint density at radius 1 is 1.02 bits per heavy atom. The Labute approximate surface area is 300 Å². The van der Waals surface area contributed by atoms with E-state index in [1.54, 1.807) is 6.92 Å². The van der Waals surface area contributed by atoms with Crippen molar-refractivity contribution in [2.75, 3.05) is 44.0 Å². The molecular weight excluding hydrogens is 708 g/mol. The summed E-state index contributed by atoms with van der Waals surface area (Å²) in [5, 5.41) is 15.3. The van der Waals surface area contributed by atoms with Crippen LogP contribution in [0.2, 0.25) is 0 Å². The summed E-state index contributed by atoms with van der Waals surface area (Å²) in [6.07, 6.45) is -3.60. The predicted molar refractivity (Wildman–Crippen MR) is 187 cm³/mol. The van der Waals surface area contributed by atoms with E-state index in [1.807, 2.05) is 13.8 Å². The van der Waals surface area contributed by atoms with Crippen molar-refractivity contribution in [3.05, 3.63) is 83.7 Å². The van der Waals surface area contributed by atoms with E-state index in [9.17, 15) is 40.7 Å². The van der Waals surface area contributed by atoms with Gasteiger partial charge in [0.2, 0.25) is 10.0 Å². The predicted octanol–water partition coefficient (Wildman–Crippen LogP) is 6.60. The van der Waals surface area contributed by atoms with Crippen molar-refractivity contribution in [3.8, 4) is 5.75 Å². The molecule has 3 amide bonds. The number of amides is 3. The number of hydrogen-bond acceptors (Lipinski definition) is 7. The maximum Gasteiger partial charge on any atom is 0.416 e. The highest BCUT2D eigenvalue weighted by Crippen LogP contribution is 2.31. The number of nitrogens with zero attached hydrogens (tertiary/aromatic N) is 2. The number of aliphatic hydroxyl groups is 1. The van der Waals surface area contributed by atoms with E-state index in [2.05, 4.69) is 10.6 Å². The van der Waals surface area contributed by atoms with Crippen LogP contribution in [-0.4, -0.2) is 86.3 Å². The second-order valence-electron chi connectivity index (χ2n) is 12.9. The smallest absolute Gasteiger partial charge is 0.416 e. The fraction of sp³-hybridized carbons (Fsp3) is 0.444. The summed E-state index contributed by atoms with van der Waals surface area (Å²) in [6.45, 7) is 5.18. The molecule has 1 aliphatic rings. The maximum atomic E-state index is 14.3. The lowest BCUT2D eigenvalue weighted by Gasteiger charge is -2.35. The van der Waals surface area contributed by atoms with Gasteiger partial charge in [-0.15, -0.1) is 0 Å². The van der Waals surface area contributed by atoms with Crippen molar-refractivity contribution in [3.63, 3.8) is 0 Å². The standard InChI is InChI=1S/C36H44F4N4O7S/c1-23-20-44(24(2)22-45)34(46)31-19-29(42-35(47)41-28-12-8-26(9-13-28)36(38,39)40)14-17-32(31)51-25(3)7-5-6-18-50-33(23)21-43(4)52(48,49)30-15-10-27(37)11-16-30/h8-17,19,23-25,33,45H,5-7,18,20-22H2,1-4H3,(H2,41,42,47)/t23-,24+,25-,33+/m0/s1. The summed E-state index contributed by atoms with van der Waals surface area (Å²) < 4.78 is 92.6. The summed E-state index contributed by atoms with van der Waals surface area (Å²) in [5.41, 5.74) is -0.486. The fourth-order valence-corrected chi connectivity index (χ4v) is 6.82. The largest absolute Gasteiger partial charge is 0.490 e. The number of carbonyl (C=O) groups excluding carboxylic acids is 2. The first-order chi connectivity index (χ1) is 24.5. The summed E-state index contributed by atoms with van der Waals surface area (Å²) in [5.74, 6) is -1.32. The van der Waals surface area contributed by atoms with Gasteiger partial charge in [0, 0.05) is 44.0 Å². The minimum absolute atomic E-state index is 0.0384. The van der Waals surface area contributed by atoms with Crippen molar-refractivity contribution >= 4 is 33.3 Å². The van der Waals surface area contributed by atoms with Crippen LogP contribution in [0, 0.1) is 11.7 Å². The van der Waals surface area contributed by atoms with Crippen molar-refractivity contribution in [2.45, 2.75) is 69.4 Å². The molecule has 0 unspecified atom stereocenters. The van der Waals surface area contributed by atoms with Gasteiger partial charge in [-0.05, 0) is 99.8 Å². The number of likely N-dealkylation sites (N-methyl/N-ethyl adjacent to an activating group) is 1. The molecule has 284 valence electrons. The van der Waals surface area contributed by atoms with Crippen LogP contribution in [-0.2, 0) is 20.9 Å². The summed E-state index contributed by atoms with van der Waals surface area (Å²) >= 11 is 0. The number of fused-ring (bicyclic) bond motifs is 1. The molecule has 0 radical (unpaired) electrons. The number of rotatable bonds is 8. The minimum Gasteiger partial charge on any atom is -0.490 e. The molecule has 11 nitrogen and oxygen atoms in total. The molecule has 0 saturated heterocycles. The van der Waals surface area contributed by atoms with E-state index >= 15 is 0 Å². The second kappa shape index (κ2) is 17.5. The molecule has 0 saturated carbocycles. The van der Waals surface area contributed by atoms with Crippen LogP contribution >= 0.6 is 0 Å². The van der Waals surface area contributed by atoms with Crippen molar-refractivity contribution in [1.82, 2.24) is 9.21 Å². The number of aliphatic hydroxyl groups excluding tert-OH is 1. The van der Waals surface area contributed by atoms with Crippen molar-refractivity contribution in [2.24, 2.45) is 5.92 Å². The molecule has 3 N–H and O–H groups in total. The van der Waals surface area contributed by atoms with E-state index in [1.165, 1.54) is 42.3 Å². The number of carbonyl (C=O) groups is 2. The van der Waals surface area contributed by atoms with Crippen molar-refractivity contribution in [1.29, 1.82) is 0 Å². The molecule has 0 spiro atoms. The number of anilines is 2. The Morgan fingerprint density at radius 2 is 1.65 bits per heavy atom. The van der Waals surface area contributed by atoms with Gasteiger partial charge in [0.1, 0.15) is 11.6 Å². The number of ether oxygens (including phenoxy) is 2. The Bertz CT molecular complexity index is 1780. The Hall–Kier alpha value is -4.25. The third kappa shape index (κ3) is 10.6. The van der Waals surface area contributed by atoms with Gasteiger partial charge in [-0.3, -0.25) is 4.79 Å². The van der Waals surface area contributed by atoms with Gasteiger partial charge in [0.05, 0.1) is 40.9 Å². The molecule has 52 heavy (non-hydrogen) atoms. The maximum absolute atomic E-state index is 14.3. The van der Waals surface area contributed by atoms with E-state index in [0.29, 0.717) is 25.9 Å². The average molecular weight is 753 g/mol. The molecule has 0 fully saturated rings. The van der Waals surface area contributed by atoms with E-state index in [4.69, 9.17) is 9.47 Å². The fourth-order valence-electron chi connectivity index (χ4n) is 5.64. The first kappa shape index (κ1) is 40.5. The number of alkyl halides is 3. The highest BCUT2D eigenvalue weighted by molar-refractivity contribution is 7.89. The SMILES string of the molecule is C[C@H](CO)N1C[C@H](C)[C@@H](CN(C)S(=O)(=O)c2ccc(F)cc2)OCCCC[C@H](C)Oc2ccc(NC(=O)Nc3ccc(C(F)(F)F)cc3)cc2C1=O. The van der Waals surface area contributed by atoms with Gasteiger partial charge in [0.15, 0.2) is 0 Å². The van der Waals surface area contributed by atoms with Gasteiger partial charge in [-0.25, -0.2) is 17.6 Å². The molecule has 4 atom stereocenters. The van der Waals surface area contributed by atoms with Crippen LogP contribution in [0.1, 0.15) is 56.0 Å². The zero-order valence-corrected chi connectivity index (χ0v) is 30.1. The van der Waals surface area contributed by atoms with Gasteiger partial charge in [-0.2, -0.15) is 17.5 Å². The summed E-state index contributed by atoms with van der Waals surface area (Å²) in [7, 11) is -2.61. The number of nitrogens with one attached hydrogen (secondary N) is 2. The van der Waals surface area contributed by atoms with Crippen LogP contribution in [0.4, 0.5) is 33.7 Å². The molecule has 3 aromatic carbocycles. The molecule has 1 aliphatic heterocycles. The normalized spacial score (nSPS) is 20.0. The lowest BCUT2D eigenvalue weighted by atomic mass is 10.0. The van der Waals surface area contributed by atoms with Crippen molar-refractivity contribution < 1.29 is 50.1 Å². The van der Waals surface area contributed by atoms with Crippen LogP contribution in [0.25, 0.3) is 0 Å². The highest BCUT2D eigenvalue weighted by atomic mass is 32.2. The second-order valence-corrected chi connectivity index (χ2v) is 14.9. The van der Waals surface area contributed by atoms with E-state index in [-0.39, 0.29) is 46.8 Å². The monoisotopic (exact) mass is 752 g/mol. The number of sulfonamides is 1. The zero-order valence-electron chi connectivity index (χ0n) is 29.3. The first-order valence-electron chi connectivity index (χ1n) is 16.8. The van der Waals surface area contributed by atoms with Gasteiger partial charge < -0.3 is 30.1 Å². The van der Waals surface area contributed by atoms with Crippen LogP contribution < -0.4 is 15.4 Å². The topological polar surface area (TPSA) is 138 Å². The number of halogens is 4. The summed E-state index contributed by atoms with van der Waals surface area (Å²) in [4.78, 5) is 28.5. The number of benzene rings is 3. The van der Waals surface area contributed by atoms with Crippen LogP contribution in [0.5, 0.6) is 5.75 Å². The minimum atomic E-state index is -4.53. The van der Waals surface area contributed by atoms with E-state index < -0.39 is 64.2 Å². The third-order valence-electron chi connectivity index (χ3n) is 8.74. The first-order valence-corrected chi connectivity index (χ1v) is 18.2. The zero-order chi connectivity index (χ0) is 38.2. The molecule has 1 heterocycles. The molecular formula is C36H44F4N4O7S. The summed E-state index contributed by atoms with van der Waals surface area (Å²) in [6, 6.07) is 11.4. The molecule has 3 aromatic rings. The van der Waals surface area contributed by atoms with Gasteiger partial charge in [-0.1, -0.05) is 6.92 Å². The lowest BCUT2D eigenvalue weighted by Crippen LogP contribution is -2.48. The quantitative estimate of drug-likeness (QED) is 0.221. The van der Waals surface area contributed by atoms with Gasteiger partial charge in [0.25, 0.3) is 5.91 Å². The average Bonchev–Trinajstić information content (AvgIpc) is 3.09. The Balaban J connectivity index is 1.60. The lowest BCUT2D eigenvalue weighted by molar-refractivity contribution is -0.137. The Morgan fingerprint density at radius 3 is 2.29 bits per heavy atom. The Kier molecular flexibility index (Phi) is 13.6. The van der Waals surface area contributed by atoms with E-state index in [0.717, 1.165) is 40.7 Å². The molecule has 0 bridgehead atoms. The third-order valence-corrected chi connectivity index (χ3v) is 10.6. The molecule has 16 heteroatoms. The van der Waals surface area contributed by atoms with Crippen LogP contribution in [0.15, 0.2) is 71.6 Å². The molecule has 0 aromatic heterocycles. The highest BCUT2D eigenvalue weighted by Gasteiger charge is 2.33. The number of urea groups is 1. The molecule has 0 aliphatic carbocycles. The van der Waals surface area contributed by atoms with Gasteiger partial charge >= 0.3 is 12.2 Å².